The van der Waals surface area contributed by atoms with E-state index in [1.165, 1.54) is 69.9 Å². The van der Waals surface area contributed by atoms with Gasteiger partial charge < -0.3 is 9.64 Å². The van der Waals surface area contributed by atoms with Gasteiger partial charge >= 0.3 is 0 Å². The summed E-state index contributed by atoms with van der Waals surface area (Å²) in [6.07, 6.45) is 14.1. The monoisotopic (exact) mass is 560 g/mol. The molecule has 0 aromatic heterocycles. The maximum Gasteiger partial charge on any atom is 0.270 e. The molecule has 0 aliphatic carbocycles. The summed E-state index contributed by atoms with van der Waals surface area (Å²) in [5.74, 6) is 0. The van der Waals surface area contributed by atoms with E-state index in [4.69, 9.17) is 4.74 Å². The highest BCUT2D eigenvalue weighted by Crippen LogP contribution is 2.30. The molecular weight excluding hydrogens is 516 g/mol. The zero-order valence-electron chi connectivity index (χ0n) is 23.7. The van der Waals surface area contributed by atoms with E-state index in [-0.39, 0.29) is 16.3 Å². The second kappa shape index (κ2) is 17.7. The van der Waals surface area contributed by atoms with E-state index in [1.54, 1.807) is 12.1 Å². The van der Waals surface area contributed by atoms with Crippen LogP contribution in [0.25, 0.3) is 0 Å². The van der Waals surface area contributed by atoms with Gasteiger partial charge in [-0.25, -0.2) is 8.42 Å². The molecule has 9 nitrogen and oxygen atoms in total. The van der Waals surface area contributed by atoms with Crippen molar-refractivity contribution in [3.63, 3.8) is 0 Å². The molecule has 2 aromatic carbocycles. The number of ether oxygens (including phenoxy) is 1. The van der Waals surface area contributed by atoms with Gasteiger partial charge in [0, 0.05) is 43.8 Å². The van der Waals surface area contributed by atoms with Gasteiger partial charge in [-0.15, -0.1) is 5.11 Å². The van der Waals surface area contributed by atoms with Gasteiger partial charge in [0.05, 0.1) is 17.2 Å². The molecule has 0 aliphatic heterocycles. The summed E-state index contributed by atoms with van der Waals surface area (Å²) in [6, 6.07) is 11.0. The van der Waals surface area contributed by atoms with E-state index in [0.717, 1.165) is 44.1 Å². The number of likely N-dealkylation sites (N-methyl/N-ethyl adjacent to an activating group) is 1. The minimum atomic E-state index is -3.72. The Morgan fingerprint density at radius 1 is 0.846 bits per heavy atom. The van der Waals surface area contributed by atoms with E-state index < -0.39 is 14.8 Å². The summed E-state index contributed by atoms with van der Waals surface area (Å²) in [7, 11) is -3.72. The van der Waals surface area contributed by atoms with Crippen LogP contribution in [0.2, 0.25) is 0 Å². The summed E-state index contributed by atoms with van der Waals surface area (Å²) in [5, 5.41) is 19.2. The van der Waals surface area contributed by atoms with Crippen molar-refractivity contribution < 1.29 is 18.1 Å². The molecule has 2 aromatic rings. The molecule has 10 heteroatoms. The quantitative estimate of drug-likeness (QED) is 0.0698. The predicted octanol–water partition coefficient (Wildman–Crippen LogP) is 8.18. The number of rotatable bonds is 20. The van der Waals surface area contributed by atoms with Crippen molar-refractivity contribution in [3.05, 3.63) is 52.6 Å². The van der Waals surface area contributed by atoms with Crippen LogP contribution in [0.5, 0.6) is 0 Å². The van der Waals surface area contributed by atoms with Gasteiger partial charge in [-0.05, 0) is 43.7 Å². The Balaban J connectivity index is 1.77. The van der Waals surface area contributed by atoms with Crippen molar-refractivity contribution in [1.82, 2.24) is 0 Å². The molecule has 0 unspecified atom stereocenters. The third kappa shape index (κ3) is 12.3. The Labute approximate surface area is 233 Å². The van der Waals surface area contributed by atoms with E-state index in [9.17, 15) is 18.5 Å². The number of unbranched alkanes of at least 4 members (excludes halogenated alkanes) is 9. The van der Waals surface area contributed by atoms with Crippen LogP contribution in [-0.4, -0.2) is 45.9 Å². The minimum absolute atomic E-state index is 0.0573. The first-order valence-corrected chi connectivity index (χ1v) is 16.0. The Bertz CT molecular complexity index is 1140. The first kappa shape index (κ1) is 32.4. The summed E-state index contributed by atoms with van der Waals surface area (Å²) in [6.45, 7) is 7.44. The first-order valence-electron chi connectivity index (χ1n) is 14.1. The Morgan fingerprint density at radius 2 is 1.46 bits per heavy atom. The lowest BCUT2D eigenvalue weighted by atomic mass is 10.1. The number of azo groups is 1. The fraction of sp³-hybridized carbons (Fsp3) is 0.586. The Morgan fingerprint density at radius 3 is 2.03 bits per heavy atom. The predicted molar refractivity (Wildman–Crippen MR) is 157 cm³/mol. The molecule has 0 N–H and O–H groups in total. The van der Waals surface area contributed by atoms with Crippen LogP contribution in [0.1, 0.15) is 78.1 Å². The molecule has 0 aliphatic rings. The second-order valence-corrected chi connectivity index (χ2v) is 11.8. The van der Waals surface area contributed by atoms with Gasteiger partial charge in [0.1, 0.15) is 10.6 Å². The number of anilines is 1. The Kier molecular flexibility index (Phi) is 14.7. The second-order valence-electron chi connectivity index (χ2n) is 9.77. The number of nitrogens with zero attached hydrogens (tertiary/aromatic N) is 4. The van der Waals surface area contributed by atoms with E-state index in [2.05, 4.69) is 29.0 Å². The number of sulfone groups is 1. The van der Waals surface area contributed by atoms with Gasteiger partial charge in [-0.1, -0.05) is 64.7 Å². The molecule has 0 amide bonds. The van der Waals surface area contributed by atoms with Crippen LogP contribution in [-0.2, 0) is 14.6 Å². The first-order chi connectivity index (χ1) is 18.8. The molecule has 0 bridgehead atoms. The average Bonchev–Trinajstić information content (AvgIpc) is 2.92. The normalized spacial score (nSPS) is 11.8. The van der Waals surface area contributed by atoms with Crippen molar-refractivity contribution in [2.75, 3.05) is 37.5 Å². The summed E-state index contributed by atoms with van der Waals surface area (Å²) in [5.41, 5.74) is 1.32. The number of hydrogen-bond acceptors (Lipinski definition) is 8. The van der Waals surface area contributed by atoms with Gasteiger partial charge in [0.15, 0.2) is 9.84 Å². The molecule has 39 heavy (non-hydrogen) atoms. The van der Waals surface area contributed by atoms with Gasteiger partial charge in [-0.2, -0.15) is 5.11 Å². The zero-order valence-corrected chi connectivity index (χ0v) is 24.5. The fourth-order valence-electron chi connectivity index (χ4n) is 4.28. The van der Waals surface area contributed by atoms with Gasteiger partial charge in [0.25, 0.3) is 5.69 Å². The lowest BCUT2D eigenvalue weighted by Crippen LogP contribution is -2.27. The molecule has 0 saturated carbocycles. The molecule has 0 fully saturated rings. The summed E-state index contributed by atoms with van der Waals surface area (Å²) < 4.78 is 30.0. The van der Waals surface area contributed by atoms with Gasteiger partial charge in [-0.3, -0.25) is 10.1 Å². The molecule has 2 rings (SSSR count). The molecule has 0 heterocycles. The third-order valence-electron chi connectivity index (χ3n) is 6.57. The van der Waals surface area contributed by atoms with Crippen LogP contribution in [0.4, 0.5) is 22.7 Å². The number of non-ortho nitro benzene ring substituents is 1. The summed E-state index contributed by atoms with van der Waals surface area (Å²) >= 11 is 0. The molecule has 0 saturated heterocycles. The highest BCUT2D eigenvalue weighted by Gasteiger charge is 2.18. The van der Waals surface area contributed by atoms with Crippen molar-refractivity contribution in [2.45, 2.75) is 83.0 Å². The topological polar surface area (TPSA) is 114 Å². The third-order valence-corrected chi connectivity index (χ3v) is 7.70. The van der Waals surface area contributed by atoms with Crippen LogP contribution < -0.4 is 4.90 Å². The minimum Gasteiger partial charge on any atom is -0.380 e. The smallest absolute Gasteiger partial charge is 0.270 e. The average molecular weight is 561 g/mol. The Hall–Kier alpha value is -2.85. The highest BCUT2D eigenvalue weighted by molar-refractivity contribution is 7.90. The van der Waals surface area contributed by atoms with Crippen molar-refractivity contribution in [2.24, 2.45) is 10.2 Å². The molecule has 0 atom stereocenters. The highest BCUT2D eigenvalue weighted by atomic mass is 32.2. The summed E-state index contributed by atoms with van der Waals surface area (Å²) in [4.78, 5) is 12.4. The fourth-order valence-corrected chi connectivity index (χ4v) is 5.10. The van der Waals surface area contributed by atoms with Crippen LogP contribution >= 0.6 is 0 Å². The lowest BCUT2D eigenvalue weighted by Gasteiger charge is -2.23. The maximum atomic E-state index is 12.1. The molecule has 0 radical (unpaired) electrons. The largest absolute Gasteiger partial charge is 0.380 e. The SMILES string of the molecule is CCCCCCCCCCCCOCCN(CC)c1ccc(N=Nc2ccc([N+](=O)[O-])cc2S(C)(=O)=O)cc1. The van der Waals surface area contributed by atoms with Crippen LogP contribution in [0.15, 0.2) is 57.6 Å². The number of nitro groups is 1. The zero-order chi connectivity index (χ0) is 28.5. The van der Waals surface area contributed by atoms with E-state index in [0.29, 0.717) is 12.3 Å². The molecule has 216 valence electrons. The molecular formula is C29H44N4O5S. The van der Waals surface area contributed by atoms with Crippen molar-refractivity contribution >= 4 is 32.6 Å². The standard InChI is InChI=1S/C29H44N4O5S/c1-4-6-7-8-9-10-11-12-13-14-22-38-23-21-32(5-2)26-17-15-25(16-18-26)30-31-28-20-19-27(33(34)35)24-29(28)39(3,36)37/h15-20,24H,4-14,21-23H2,1-3H3. The van der Waals surface area contributed by atoms with Crippen LogP contribution in [0, 0.1) is 10.1 Å². The maximum absolute atomic E-state index is 12.1. The number of nitro benzene ring substituents is 1. The van der Waals surface area contributed by atoms with Crippen molar-refractivity contribution in [1.29, 1.82) is 0 Å². The van der Waals surface area contributed by atoms with E-state index >= 15 is 0 Å². The number of benzene rings is 2. The molecule has 0 spiro atoms. The van der Waals surface area contributed by atoms with Gasteiger partial charge in [0.2, 0.25) is 0 Å². The van der Waals surface area contributed by atoms with Crippen molar-refractivity contribution in [3.8, 4) is 0 Å². The number of hydrogen-bond donors (Lipinski definition) is 0. The lowest BCUT2D eigenvalue weighted by molar-refractivity contribution is -0.385. The van der Waals surface area contributed by atoms with E-state index in [1.807, 2.05) is 12.1 Å². The van der Waals surface area contributed by atoms with Crippen LogP contribution in [0.3, 0.4) is 0 Å².